The van der Waals surface area contributed by atoms with Crippen LogP contribution in [0.1, 0.15) is 31.5 Å². The number of nitrogens with zero attached hydrogens (tertiary/aromatic N) is 3. The fourth-order valence-corrected chi connectivity index (χ4v) is 2.99. The molecule has 0 spiro atoms. The second-order valence-electron chi connectivity index (χ2n) is 5.49. The summed E-state index contributed by atoms with van der Waals surface area (Å²) >= 11 is 0. The van der Waals surface area contributed by atoms with E-state index in [1.165, 1.54) is 4.68 Å². The van der Waals surface area contributed by atoms with Gasteiger partial charge in [-0.3, -0.25) is 14.5 Å². The Bertz CT molecular complexity index is 596. The van der Waals surface area contributed by atoms with Gasteiger partial charge in [0.2, 0.25) is 0 Å². The first kappa shape index (κ1) is 13.3. The second-order valence-corrected chi connectivity index (χ2v) is 5.49. The lowest BCUT2D eigenvalue weighted by molar-refractivity contribution is -0.145. The van der Waals surface area contributed by atoms with Crippen molar-refractivity contribution in [2.75, 3.05) is 6.54 Å². The van der Waals surface area contributed by atoms with Crippen molar-refractivity contribution in [3.8, 4) is 0 Å². The fraction of sp³-hybridized carbons (Fsp3) is 0.643. The second kappa shape index (κ2) is 5.01. The molecular weight excluding hydrogens is 258 g/mol. The van der Waals surface area contributed by atoms with Crippen molar-refractivity contribution in [1.29, 1.82) is 0 Å². The van der Waals surface area contributed by atoms with Crippen LogP contribution in [-0.2, 0) is 29.0 Å². The Morgan fingerprint density at radius 3 is 2.90 bits per heavy atom. The van der Waals surface area contributed by atoms with Crippen LogP contribution in [0.25, 0.3) is 0 Å². The van der Waals surface area contributed by atoms with Gasteiger partial charge in [0.25, 0.3) is 5.56 Å². The molecule has 0 N–H and O–H groups in total. The van der Waals surface area contributed by atoms with Gasteiger partial charge in [0.1, 0.15) is 12.1 Å². The predicted octanol–water partition coefficient (Wildman–Crippen LogP) is 0.325. The normalized spacial score (nSPS) is 26.4. The van der Waals surface area contributed by atoms with Crippen LogP contribution >= 0.6 is 0 Å². The molecule has 1 aromatic rings. The summed E-state index contributed by atoms with van der Waals surface area (Å²) in [6.07, 6.45) is 1.49. The van der Waals surface area contributed by atoms with Gasteiger partial charge in [0.05, 0.1) is 5.69 Å². The van der Waals surface area contributed by atoms with Crippen molar-refractivity contribution in [2.45, 2.75) is 51.9 Å². The molecule has 2 aliphatic rings. The van der Waals surface area contributed by atoms with Gasteiger partial charge in [-0.25, -0.2) is 4.68 Å². The van der Waals surface area contributed by atoms with Crippen molar-refractivity contribution < 1.29 is 9.53 Å². The predicted molar refractivity (Wildman–Crippen MR) is 72.2 cm³/mol. The Balaban J connectivity index is 1.84. The quantitative estimate of drug-likeness (QED) is 0.729. The highest BCUT2D eigenvalue weighted by atomic mass is 16.6. The zero-order valence-corrected chi connectivity index (χ0v) is 11.8. The third-order valence-corrected chi connectivity index (χ3v) is 4.06. The monoisotopic (exact) mass is 277 g/mol. The van der Waals surface area contributed by atoms with Crippen LogP contribution in [0, 0.1) is 0 Å². The number of hydrogen-bond acceptors (Lipinski definition) is 5. The summed E-state index contributed by atoms with van der Waals surface area (Å²) in [7, 11) is 0. The number of aryl methyl sites for hydroxylation is 1. The molecule has 1 saturated heterocycles. The van der Waals surface area contributed by atoms with Crippen molar-refractivity contribution in [3.63, 3.8) is 0 Å². The summed E-state index contributed by atoms with van der Waals surface area (Å²) in [5, 5.41) is 4.39. The standard InChI is InChI=1S/C14H19N3O3/c1-3-17-13(18)7-10-8-16(5-4-11(10)15-17)12-6-9(2)20-14(12)19/h7,9,12H,3-6,8H2,1-2H3/t9-,12-/m0/s1. The Labute approximate surface area is 117 Å². The Morgan fingerprint density at radius 1 is 1.45 bits per heavy atom. The van der Waals surface area contributed by atoms with Gasteiger partial charge in [0.15, 0.2) is 0 Å². The van der Waals surface area contributed by atoms with Crippen molar-refractivity contribution in [3.05, 3.63) is 27.7 Å². The van der Waals surface area contributed by atoms with E-state index in [2.05, 4.69) is 10.00 Å². The van der Waals surface area contributed by atoms with E-state index in [1.54, 1.807) is 6.07 Å². The minimum absolute atomic E-state index is 0.0138. The molecule has 0 saturated carbocycles. The molecular formula is C14H19N3O3. The van der Waals surface area contributed by atoms with Gasteiger partial charge in [0, 0.05) is 38.5 Å². The third kappa shape index (κ3) is 2.24. The molecule has 1 fully saturated rings. The Hall–Kier alpha value is -1.69. The van der Waals surface area contributed by atoms with Gasteiger partial charge in [-0.05, 0) is 19.4 Å². The first-order valence-electron chi connectivity index (χ1n) is 7.13. The molecule has 0 amide bonds. The number of esters is 1. The molecule has 1 aromatic heterocycles. The highest BCUT2D eigenvalue weighted by Gasteiger charge is 2.37. The van der Waals surface area contributed by atoms with Crippen molar-refractivity contribution in [1.82, 2.24) is 14.7 Å². The van der Waals surface area contributed by atoms with Crippen LogP contribution in [0.2, 0.25) is 0 Å². The maximum atomic E-state index is 11.9. The molecule has 108 valence electrons. The van der Waals surface area contributed by atoms with E-state index in [-0.39, 0.29) is 23.7 Å². The van der Waals surface area contributed by atoms with E-state index >= 15 is 0 Å². The molecule has 0 bridgehead atoms. The summed E-state index contributed by atoms with van der Waals surface area (Å²) in [6, 6.07) is 1.48. The molecule has 0 aliphatic carbocycles. The van der Waals surface area contributed by atoms with Gasteiger partial charge in [-0.2, -0.15) is 5.10 Å². The summed E-state index contributed by atoms with van der Waals surface area (Å²) in [6.45, 7) is 5.80. The maximum Gasteiger partial charge on any atom is 0.323 e. The van der Waals surface area contributed by atoms with Crippen LogP contribution in [-0.4, -0.2) is 39.3 Å². The van der Waals surface area contributed by atoms with Gasteiger partial charge >= 0.3 is 5.97 Å². The molecule has 3 rings (SSSR count). The minimum Gasteiger partial charge on any atom is -0.461 e. The lowest BCUT2D eigenvalue weighted by Gasteiger charge is -2.30. The molecule has 0 aromatic carbocycles. The number of carbonyl (C=O) groups is 1. The number of carbonyl (C=O) groups excluding carboxylic acids is 1. The maximum absolute atomic E-state index is 11.9. The fourth-order valence-electron chi connectivity index (χ4n) is 2.99. The molecule has 0 radical (unpaired) electrons. The number of ether oxygens (including phenoxy) is 1. The van der Waals surface area contributed by atoms with E-state index < -0.39 is 0 Å². The minimum atomic E-state index is -0.174. The van der Waals surface area contributed by atoms with Crippen LogP contribution in [0.15, 0.2) is 10.9 Å². The molecule has 6 heteroatoms. The Kier molecular flexibility index (Phi) is 3.33. The van der Waals surface area contributed by atoms with E-state index in [0.717, 1.165) is 30.6 Å². The SMILES string of the molecule is CCn1nc2c(cc1=O)CN([C@H]1C[C@H](C)OC1=O)CC2. The molecule has 20 heavy (non-hydrogen) atoms. The molecule has 2 aliphatic heterocycles. The topological polar surface area (TPSA) is 64.4 Å². The highest BCUT2D eigenvalue weighted by molar-refractivity contribution is 5.78. The molecule has 2 atom stereocenters. The van der Waals surface area contributed by atoms with Gasteiger partial charge in [-0.1, -0.05) is 0 Å². The number of fused-ring (bicyclic) bond motifs is 1. The average molecular weight is 277 g/mol. The van der Waals surface area contributed by atoms with Crippen LogP contribution in [0.4, 0.5) is 0 Å². The summed E-state index contributed by atoms with van der Waals surface area (Å²) in [5.41, 5.74) is 1.84. The first-order chi connectivity index (χ1) is 9.58. The van der Waals surface area contributed by atoms with Gasteiger partial charge < -0.3 is 4.74 Å². The van der Waals surface area contributed by atoms with Crippen molar-refractivity contribution in [2.24, 2.45) is 0 Å². The summed E-state index contributed by atoms with van der Waals surface area (Å²) < 4.78 is 6.70. The van der Waals surface area contributed by atoms with Crippen molar-refractivity contribution >= 4 is 5.97 Å². The zero-order valence-electron chi connectivity index (χ0n) is 11.8. The lowest BCUT2D eigenvalue weighted by Crippen LogP contribution is -2.43. The third-order valence-electron chi connectivity index (χ3n) is 4.06. The number of aromatic nitrogens is 2. The summed E-state index contributed by atoms with van der Waals surface area (Å²) in [5.74, 6) is -0.143. The smallest absolute Gasteiger partial charge is 0.323 e. The highest BCUT2D eigenvalue weighted by Crippen LogP contribution is 2.25. The molecule has 6 nitrogen and oxygen atoms in total. The number of cyclic esters (lactones) is 1. The largest absolute Gasteiger partial charge is 0.461 e. The van der Waals surface area contributed by atoms with E-state index in [4.69, 9.17) is 4.74 Å². The van der Waals surface area contributed by atoms with Crippen LogP contribution in [0.3, 0.4) is 0 Å². The molecule has 0 unspecified atom stereocenters. The lowest BCUT2D eigenvalue weighted by atomic mass is 10.0. The number of hydrogen-bond donors (Lipinski definition) is 0. The van der Waals surface area contributed by atoms with Crippen LogP contribution in [0.5, 0.6) is 0 Å². The zero-order chi connectivity index (χ0) is 14.3. The Morgan fingerprint density at radius 2 is 2.25 bits per heavy atom. The van der Waals surface area contributed by atoms with Gasteiger partial charge in [-0.15, -0.1) is 0 Å². The number of rotatable bonds is 2. The molecule has 3 heterocycles. The van der Waals surface area contributed by atoms with E-state index in [0.29, 0.717) is 13.1 Å². The first-order valence-corrected chi connectivity index (χ1v) is 7.13. The van der Waals surface area contributed by atoms with E-state index in [1.807, 2.05) is 13.8 Å². The average Bonchev–Trinajstić information content (AvgIpc) is 2.76. The summed E-state index contributed by atoms with van der Waals surface area (Å²) in [4.78, 5) is 25.8. The van der Waals surface area contributed by atoms with E-state index in [9.17, 15) is 9.59 Å². The van der Waals surface area contributed by atoms with Crippen LogP contribution < -0.4 is 5.56 Å².